The van der Waals surface area contributed by atoms with Gasteiger partial charge in [-0.25, -0.2) is 13.1 Å². The Bertz CT molecular complexity index is 694. The van der Waals surface area contributed by atoms with Crippen molar-refractivity contribution in [2.75, 3.05) is 12.4 Å². The van der Waals surface area contributed by atoms with Gasteiger partial charge in [-0.05, 0) is 49.5 Å². The van der Waals surface area contributed by atoms with Crippen LogP contribution in [-0.4, -0.2) is 15.5 Å². The Balaban J connectivity index is 2.31. The van der Waals surface area contributed by atoms with Gasteiger partial charge >= 0.3 is 0 Å². The average Bonchev–Trinajstić information content (AvgIpc) is 3.00. The number of benzene rings is 1. The predicted molar refractivity (Wildman–Crippen MR) is 88.4 cm³/mol. The Hall–Kier alpha value is -1.37. The Morgan fingerprint density at radius 3 is 2.62 bits per heavy atom. The lowest BCUT2D eigenvalue weighted by molar-refractivity contribution is 0.587. The van der Waals surface area contributed by atoms with E-state index in [-0.39, 0.29) is 6.04 Å². The molecule has 0 amide bonds. The Labute approximate surface area is 130 Å². The van der Waals surface area contributed by atoms with E-state index in [1.807, 2.05) is 23.6 Å². The summed E-state index contributed by atoms with van der Waals surface area (Å²) in [6.07, 6.45) is 0.933. The van der Waals surface area contributed by atoms with Gasteiger partial charge in [0.1, 0.15) is 0 Å². The predicted octanol–water partition coefficient (Wildman–Crippen LogP) is 3.53. The number of nitrogens with one attached hydrogen (secondary N) is 2. The quantitative estimate of drug-likeness (QED) is 0.854. The summed E-state index contributed by atoms with van der Waals surface area (Å²) in [5.74, 6) is 0. The molecule has 0 bridgehead atoms. The topological polar surface area (TPSA) is 58.2 Å². The minimum absolute atomic E-state index is 0.192. The zero-order valence-electron chi connectivity index (χ0n) is 12.4. The second-order valence-corrected chi connectivity index (χ2v) is 7.64. The van der Waals surface area contributed by atoms with Crippen molar-refractivity contribution >= 4 is 27.0 Å². The van der Waals surface area contributed by atoms with Crippen molar-refractivity contribution in [2.45, 2.75) is 31.2 Å². The fourth-order valence-corrected chi connectivity index (χ4v) is 4.01. The van der Waals surface area contributed by atoms with Crippen LogP contribution in [0.25, 0.3) is 0 Å². The maximum atomic E-state index is 12.0. The number of aryl methyl sites for hydroxylation is 1. The highest BCUT2D eigenvalue weighted by atomic mass is 32.2. The molecule has 2 N–H and O–H groups in total. The fraction of sp³-hybridized carbons (Fsp3) is 0.333. The maximum Gasteiger partial charge on any atom is 0.240 e. The zero-order valence-corrected chi connectivity index (χ0v) is 14.0. The van der Waals surface area contributed by atoms with E-state index in [1.165, 1.54) is 11.9 Å². The number of rotatable bonds is 6. The van der Waals surface area contributed by atoms with Crippen LogP contribution in [0.5, 0.6) is 0 Å². The minimum atomic E-state index is -3.44. The van der Waals surface area contributed by atoms with E-state index in [2.05, 4.69) is 23.0 Å². The second-order valence-electron chi connectivity index (χ2n) is 4.81. The smallest absolute Gasteiger partial charge is 0.240 e. The van der Waals surface area contributed by atoms with Crippen LogP contribution < -0.4 is 10.0 Å². The van der Waals surface area contributed by atoms with Crippen molar-refractivity contribution in [3.05, 3.63) is 46.2 Å². The van der Waals surface area contributed by atoms with E-state index in [4.69, 9.17) is 0 Å². The maximum absolute atomic E-state index is 12.0. The summed E-state index contributed by atoms with van der Waals surface area (Å²) in [6.45, 7) is 3.90. The molecule has 0 aliphatic rings. The standard InChI is InChI=1S/C15H20N2O2S2/c1-4-13(14-6-5-9-20-14)17-12-8-7-11(2)15(10-12)21(18,19)16-3/h5-10,13,16-17H,4H2,1-3H3. The highest BCUT2D eigenvalue weighted by Crippen LogP contribution is 2.28. The summed E-state index contributed by atoms with van der Waals surface area (Å²) in [5.41, 5.74) is 1.55. The van der Waals surface area contributed by atoms with Crippen LogP contribution in [0.2, 0.25) is 0 Å². The summed E-state index contributed by atoms with van der Waals surface area (Å²) in [5, 5.41) is 5.46. The number of hydrogen-bond acceptors (Lipinski definition) is 4. The van der Waals surface area contributed by atoms with Crippen LogP contribution in [0.3, 0.4) is 0 Å². The molecule has 1 heterocycles. The third kappa shape index (κ3) is 3.64. The van der Waals surface area contributed by atoms with Gasteiger partial charge in [-0.2, -0.15) is 0 Å². The van der Waals surface area contributed by atoms with Crippen molar-refractivity contribution in [3.63, 3.8) is 0 Å². The third-order valence-corrected chi connectivity index (χ3v) is 5.92. The second kappa shape index (κ2) is 6.60. The molecule has 1 aromatic carbocycles. The molecule has 4 nitrogen and oxygen atoms in total. The van der Waals surface area contributed by atoms with Gasteiger partial charge in [0.2, 0.25) is 10.0 Å². The third-order valence-electron chi connectivity index (χ3n) is 3.38. The molecular weight excluding hydrogens is 304 g/mol. The lowest BCUT2D eigenvalue weighted by atomic mass is 10.1. The van der Waals surface area contributed by atoms with Gasteiger partial charge in [0.05, 0.1) is 10.9 Å². The number of thiophene rings is 1. The molecule has 0 radical (unpaired) electrons. The van der Waals surface area contributed by atoms with Crippen LogP contribution in [0.15, 0.2) is 40.6 Å². The van der Waals surface area contributed by atoms with Gasteiger partial charge in [0.15, 0.2) is 0 Å². The molecule has 1 aromatic heterocycles. The Kier molecular flexibility index (Phi) is 5.03. The van der Waals surface area contributed by atoms with Crippen molar-refractivity contribution < 1.29 is 8.42 Å². The first-order chi connectivity index (χ1) is 9.97. The van der Waals surface area contributed by atoms with Crippen LogP contribution in [0, 0.1) is 6.92 Å². The molecule has 0 saturated heterocycles. The van der Waals surface area contributed by atoms with Gasteiger partial charge in [0.25, 0.3) is 0 Å². The summed E-state index contributed by atoms with van der Waals surface area (Å²) in [6, 6.07) is 9.74. The first-order valence-corrected chi connectivity index (χ1v) is 9.18. The first kappa shape index (κ1) is 16.0. The fourth-order valence-electron chi connectivity index (χ4n) is 2.15. The largest absolute Gasteiger partial charge is 0.377 e. The van der Waals surface area contributed by atoms with Crippen LogP contribution in [0.4, 0.5) is 5.69 Å². The van der Waals surface area contributed by atoms with Crippen LogP contribution in [0.1, 0.15) is 29.8 Å². The molecule has 21 heavy (non-hydrogen) atoms. The molecule has 0 fully saturated rings. The summed E-state index contributed by atoms with van der Waals surface area (Å²) in [7, 11) is -2.01. The van der Waals surface area contributed by atoms with E-state index in [0.29, 0.717) is 4.90 Å². The van der Waals surface area contributed by atoms with Gasteiger partial charge < -0.3 is 5.32 Å². The van der Waals surface area contributed by atoms with Gasteiger partial charge in [0, 0.05) is 10.6 Å². The molecule has 0 saturated carbocycles. The molecule has 0 aliphatic carbocycles. The number of anilines is 1. The molecule has 114 valence electrons. The molecule has 1 unspecified atom stereocenters. The normalized spacial score (nSPS) is 13.1. The van der Waals surface area contributed by atoms with E-state index in [9.17, 15) is 8.42 Å². The SMILES string of the molecule is CCC(Nc1ccc(C)c(S(=O)(=O)NC)c1)c1cccs1. The van der Waals surface area contributed by atoms with E-state index < -0.39 is 10.0 Å². The zero-order chi connectivity index (χ0) is 15.5. The van der Waals surface area contributed by atoms with Gasteiger partial charge in [-0.15, -0.1) is 11.3 Å². The van der Waals surface area contributed by atoms with Crippen LogP contribution >= 0.6 is 11.3 Å². The van der Waals surface area contributed by atoms with E-state index >= 15 is 0 Å². The van der Waals surface area contributed by atoms with Gasteiger partial charge in [-0.3, -0.25) is 0 Å². The lowest BCUT2D eigenvalue weighted by Gasteiger charge is -2.18. The lowest BCUT2D eigenvalue weighted by Crippen LogP contribution is -2.20. The van der Waals surface area contributed by atoms with E-state index in [0.717, 1.165) is 17.7 Å². The number of hydrogen-bond donors (Lipinski definition) is 2. The summed E-state index contributed by atoms with van der Waals surface area (Å²) < 4.78 is 26.4. The molecule has 2 aromatic rings. The minimum Gasteiger partial charge on any atom is -0.377 e. The van der Waals surface area contributed by atoms with Crippen LogP contribution in [-0.2, 0) is 10.0 Å². The van der Waals surface area contributed by atoms with Crippen molar-refractivity contribution in [1.29, 1.82) is 0 Å². The molecule has 0 aliphatic heterocycles. The summed E-state index contributed by atoms with van der Waals surface area (Å²) in [4.78, 5) is 1.56. The Morgan fingerprint density at radius 1 is 1.29 bits per heavy atom. The summed E-state index contributed by atoms with van der Waals surface area (Å²) >= 11 is 1.70. The molecular formula is C15H20N2O2S2. The van der Waals surface area contributed by atoms with E-state index in [1.54, 1.807) is 24.3 Å². The van der Waals surface area contributed by atoms with Crippen molar-refractivity contribution in [3.8, 4) is 0 Å². The molecule has 2 rings (SSSR count). The monoisotopic (exact) mass is 324 g/mol. The van der Waals surface area contributed by atoms with Gasteiger partial charge in [-0.1, -0.05) is 19.1 Å². The molecule has 1 atom stereocenters. The molecule has 6 heteroatoms. The van der Waals surface area contributed by atoms with Crippen molar-refractivity contribution in [1.82, 2.24) is 4.72 Å². The average molecular weight is 324 g/mol. The first-order valence-electron chi connectivity index (χ1n) is 6.82. The highest BCUT2D eigenvalue weighted by Gasteiger charge is 2.16. The Morgan fingerprint density at radius 2 is 2.05 bits per heavy atom. The molecule has 0 spiro atoms. The number of sulfonamides is 1. The highest BCUT2D eigenvalue weighted by molar-refractivity contribution is 7.89. The van der Waals surface area contributed by atoms with Crippen molar-refractivity contribution in [2.24, 2.45) is 0 Å².